The molecule has 1 atom stereocenters. The van der Waals surface area contributed by atoms with E-state index in [0.29, 0.717) is 5.69 Å². The number of hydrogen-bond donors (Lipinski definition) is 4. The molecule has 1 aromatic carbocycles. The molecule has 1 rings (SSSR count). The van der Waals surface area contributed by atoms with Crippen LogP contribution in [-0.2, 0) is 14.9 Å². The van der Waals surface area contributed by atoms with E-state index in [4.69, 9.17) is 9.66 Å². The lowest BCUT2D eigenvalue weighted by Gasteiger charge is -2.16. The summed E-state index contributed by atoms with van der Waals surface area (Å²) < 4.78 is 31.0. The first-order chi connectivity index (χ1) is 8.70. The SMILES string of the molecule is Cc1ccc(S(=O)(=O)O)cc1NNC(C)CC(=O)O. The number of rotatable bonds is 6. The Morgan fingerprint density at radius 1 is 1.42 bits per heavy atom. The van der Waals surface area contributed by atoms with Crippen LogP contribution in [0.15, 0.2) is 23.1 Å². The molecule has 0 bridgehead atoms. The Bertz CT molecular complexity index is 570. The number of hydrazine groups is 1. The number of hydrogen-bond acceptors (Lipinski definition) is 5. The fourth-order valence-corrected chi connectivity index (χ4v) is 1.92. The van der Waals surface area contributed by atoms with Crippen LogP contribution in [0.2, 0.25) is 0 Å². The fourth-order valence-electron chi connectivity index (χ4n) is 1.41. The lowest BCUT2D eigenvalue weighted by atomic mass is 10.2. The average molecular weight is 288 g/mol. The minimum Gasteiger partial charge on any atom is -0.481 e. The molecule has 19 heavy (non-hydrogen) atoms. The minimum atomic E-state index is -4.26. The topological polar surface area (TPSA) is 116 Å². The maximum atomic E-state index is 11.0. The number of anilines is 1. The lowest BCUT2D eigenvalue weighted by Crippen LogP contribution is -2.33. The Morgan fingerprint density at radius 2 is 2.05 bits per heavy atom. The second-order valence-corrected chi connectivity index (χ2v) is 5.64. The van der Waals surface area contributed by atoms with Crippen LogP contribution < -0.4 is 10.9 Å². The van der Waals surface area contributed by atoms with E-state index in [-0.39, 0.29) is 17.4 Å². The Labute approximate surface area is 111 Å². The van der Waals surface area contributed by atoms with E-state index >= 15 is 0 Å². The molecule has 0 aliphatic heterocycles. The van der Waals surface area contributed by atoms with Crippen LogP contribution in [0.1, 0.15) is 18.9 Å². The number of aliphatic carboxylic acids is 1. The van der Waals surface area contributed by atoms with Crippen molar-refractivity contribution < 1.29 is 22.9 Å². The Kier molecular flexibility index (Phi) is 4.87. The monoisotopic (exact) mass is 288 g/mol. The predicted molar refractivity (Wildman–Crippen MR) is 69.5 cm³/mol. The summed E-state index contributed by atoms with van der Waals surface area (Å²) >= 11 is 0. The van der Waals surface area contributed by atoms with Gasteiger partial charge in [-0.1, -0.05) is 6.07 Å². The molecular formula is C11H16N2O5S. The smallest absolute Gasteiger partial charge is 0.304 e. The van der Waals surface area contributed by atoms with Crippen molar-refractivity contribution in [3.8, 4) is 0 Å². The zero-order chi connectivity index (χ0) is 14.6. The van der Waals surface area contributed by atoms with Gasteiger partial charge in [-0.2, -0.15) is 8.42 Å². The first-order valence-corrected chi connectivity index (χ1v) is 6.95. The summed E-state index contributed by atoms with van der Waals surface area (Å²) in [6.07, 6.45) is -0.0793. The molecule has 0 amide bonds. The maximum Gasteiger partial charge on any atom is 0.304 e. The Morgan fingerprint density at radius 3 is 2.58 bits per heavy atom. The lowest BCUT2D eigenvalue weighted by molar-refractivity contribution is -0.137. The van der Waals surface area contributed by atoms with Gasteiger partial charge in [0.1, 0.15) is 0 Å². The highest BCUT2D eigenvalue weighted by molar-refractivity contribution is 7.85. The van der Waals surface area contributed by atoms with Crippen molar-refractivity contribution in [1.29, 1.82) is 0 Å². The van der Waals surface area contributed by atoms with E-state index < -0.39 is 16.1 Å². The van der Waals surface area contributed by atoms with E-state index in [1.54, 1.807) is 13.8 Å². The van der Waals surface area contributed by atoms with Crippen molar-refractivity contribution >= 4 is 21.8 Å². The summed E-state index contributed by atoms with van der Waals surface area (Å²) in [5, 5.41) is 8.61. The molecule has 0 saturated heterocycles. The Balaban J connectivity index is 2.81. The van der Waals surface area contributed by atoms with E-state index in [1.165, 1.54) is 18.2 Å². The van der Waals surface area contributed by atoms with Crippen LogP contribution >= 0.6 is 0 Å². The fraction of sp³-hybridized carbons (Fsp3) is 0.364. The summed E-state index contributed by atoms with van der Waals surface area (Å²) in [5.74, 6) is -0.940. The molecule has 0 fully saturated rings. The average Bonchev–Trinajstić information content (AvgIpc) is 2.25. The van der Waals surface area contributed by atoms with Crippen molar-refractivity contribution in [3.05, 3.63) is 23.8 Å². The summed E-state index contributed by atoms with van der Waals surface area (Å²) in [5.41, 5.74) is 6.69. The van der Waals surface area contributed by atoms with Crippen LogP contribution in [-0.4, -0.2) is 30.1 Å². The van der Waals surface area contributed by atoms with Crippen LogP contribution in [0.4, 0.5) is 5.69 Å². The molecule has 1 unspecified atom stereocenters. The molecule has 1 aromatic rings. The third-order valence-corrected chi connectivity index (χ3v) is 3.29. The van der Waals surface area contributed by atoms with Gasteiger partial charge in [-0.3, -0.25) is 9.35 Å². The molecule has 8 heteroatoms. The van der Waals surface area contributed by atoms with Gasteiger partial charge in [-0.05, 0) is 31.5 Å². The minimum absolute atomic E-state index is 0.0793. The summed E-state index contributed by atoms with van der Waals surface area (Å²) in [4.78, 5) is 10.3. The van der Waals surface area contributed by atoms with Gasteiger partial charge in [0.15, 0.2) is 0 Å². The van der Waals surface area contributed by atoms with Gasteiger partial charge in [0.2, 0.25) is 0 Å². The molecule has 7 nitrogen and oxygen atoms in total. The van der Waals surface area contributed by atoms with Crippen molar-refractivity contribution in [2.45, 2.75) is 31.2 Å². The van der Waals surface area contributed by atoms with Crippen molar-refractivity contribution in [1.82, 2.24) is 5.43 Å². The van der Waals surface area contributed by atoms with Crippen molar-refractivity contribution in [2.75, 3.05) is 5.43 Å². The largest absolute Gasteiger partial charge is 0.481 e. The van der Waals surface area contributed by atoms with E-state index in [1.807, 2.05) is 0 Å². The number of aryl methyl sites for hydroxylation is 1. The number of nitrogens with one attached hydrogen (secondary N) is 2. The molecule has 0 aromatic heterocycles. The molecule has 0 radical (unpaired) electrons. The second kappa shape index (κ2) is 6.00. The van der Waals surface area contributed by atoms with E-state index in [9.17, 15) is 13.2 Å². The predicted octanol–water partition coefficient (Wildman–Crippen LogP) is 1.02. The highest BCUT2D eigenvalue weighted by Gasteiger charge is 2.12. The van der Waals surface area contributed by atoms with Crippen molar-refractivity contribution in [3.63, 3.8) is 0 Å². The van der Waals surface area contributed by atoms with Gasteiger partial charge < -0.3 is 10.5 Å². The summed E-state index contributed by atoms with van der Waals surface area (Å²) in [6.45, 7) is 3.42. The number of carboxylic acid groups (broad SMARTS) is 1. The van der Waals surface area contributed by atoms with Gasteiger partial charge in [0.25, 0.3) is 10.1 Å². The molecular weight excluding hydrogens is 272 g/mol. The number of benzene rings is 1. The van der Waals surface area contributed by atoms with Crippen LogP contribution in [0, 0.1) is 6.92 Å². The molecule has 4 N–H and O–H groups in total. The third-order valence-electron chi connectivity index (χ3n) is 2.44. The van der Waals surface area contributed by atoms with Gasteiger partial charge in [-0.25, -0.2) is 5.43 Å². The van der Waals surface area contributed by atoms with Gasteiger partial charge in [0, 0.05) is 6.04 Å². The first-order valence-electron chi connectivity index (χ1n) is 5.51. The summed E-state index contributed by atoms with van der Waals surface area (Å²) in [7, 11) is -4.26. The standard InChI is InChI=1S/C11H16N2O5S/c1-7-3-4-9(19(16,17)18)6-10(7)13-12-8(2)5-11(14)15/h3-4,6,8,12-13H,5H2,1-2H3,(H,14,15)(H,16,17,18). The van der Waals surface area contributed by atoms with E-state index in [0.717, 1.165) is 5.56 Å². The van der Waals surface area contributed by atoms with Gasteiger partial charge in [-0.15, -0.1) is 0 Å². The normalized spacial score (nSPS) is 13.0. The molecule has 0 heterocycles. The van der Waals surface area contributed by atoms with Gasteiger partial charge >= 0.3 is 5.97 Å². The third kappa shape index (κ3) is 4.86. The highest BCUT2D eigenvalue weighted by atomic mass is 32.2. The summed E-state index contributed by atoms with van der Waals surface area (Å²) in [6, 6.07) is 3.75. The first kappa shape index (κ1) is 15.4. The van der Waals surface area contributed by atoms with E-state index in [2.05, 4.69) is 10.9 Å². The van der Waals surface area contributed by atoms with Gasteiger partial charge in [0.05, 0.1) is 17.0 Å². The Hall–Kier alpha value is -1.64. The van der Waals surface area contributed by atoms with Crippen molar-refractivity contribution in [2.24, 2.45) is 0 Å². The highest BCUT2D eigenvalue weighted by Crippen LogP contribution is 2.19. The maximum absolute atomic E-state index is 11.0. The zero-order valence-electron chi connectivity index (χ0n) is 10.5. The van der Waals surface area contributed by atoms with Crippen LogP contribution in [0.25, 0.3) is 0 Å². The quantitative estimate of drug-likeness (QED) is 0.456. The zero-order valence-corrected chi connectivity index (χ0v) is 11.4. The molecule has 0 saturated carbocycles. The molecule has 0 aliphatic carbocycles. The second-order valence-electron chi connectivity index (χ2n) is 4.22. The molecule has 0 spiro atoms. The molecule has 106 valence electrons. The van der Waals surface area contributed by atoms with Crippen LogP contribution in [0.3, 0.4) is 0 Å². The molecule has 0 aliphatic rings. The number of carboxylic acids is 1. The van der Waals surface area contributed by atoms with Crippen LogP contribution in [0.5, 0.6) is 0 Å². The number of carbonyl (C=O) groups is 1.